The molecule has 2 N–H and O–H groups in total. The maximum absolute atomic E-state index is 13.6. The second-order valence-electron chi connectivity index (χ2n) is 4.86. The first-order valence-corrected chi connectivity index (χ1v) is 7.96. The number of aromatic amines is 1. The maximum Gasteiger partial charge on any atom is 0.246 e. The fraction of sp³-hybridized carbons (Fsp3) is 0.308. The Morgan fingerprint density at radius 1 is 1.24 bits per heavy atom. The number of rotatable bonds is 4. The molecule has 0 aliphatic heterocycles. The highest BCUT2D eigenvalue weighted by atomic mass is 32.2. The third-order valence-electron chi connectivity index (χ3n) is 3.51. The molecule has 0 bridgehead atoms. The van der Waals surface area contributed by atoms with Crippen LogP contribution in [-0.2, 0) is 29.4 Å². The van der Waals surface area contributed by atoms with Gasteiger partial charge < -0.3 is 0 Å². The standard InChI is InChI=1S/C13H13F2N3O2S/c14-9-4-2-5-10(15)13(9)21(19,20)16-7-12-8-3-1-6-11(8)17-18-12/h2,4-5,16H,1,3,6-7H2,(H,17,18). The molecule has 0 unspecified atom stereocenters. The van der Waals surface area contributed by atoms with Gasteiger partial charge >= 0.3 is 0 Å². The lowest BCUT2D eigenvalue weighted by Crippen LogP contribution is -2.25. The molecule has 1 aliphatic rings. The van der Waals surface area contributed by atoms with E-state index in [4.69, 9.17) is 0 Å². The van der Waals surface area contributed by atoms with Crippen LogP contribution in [0.1, 0.15) is 23.4 Å². The fourth-order valence-electron chi connectivity index (χ4n) is 2.51. The number of aryl methyl sites for hydroxylation is 1. The molecular formula is C13H13F2N3O2S. The minimum Gasteiger partial charge on any atom is -0.282 e. The Bertz CT molecular complexity index is 766. The summed E-state index contributed by atoms with van der Waals surface area (Å²) in [5.74, 6) is -2.23. The number of nitrogens with zero attached hydrogens (tertiary/aromatic N) is 1. The van der Waals surface area contributed by atoms with E-state index in [1.165, 1.54) is 0 Å². The van der Waals surface area contributed by atoms with E-state index in [9.17, 15) is 17.2 Å². The van der Waals surface area contributed by atoms with Gasteiger partial charge in [0.25, 0.3) is 0 Å². The van der Waals surface area contributed by atoms with E-state index < -0.39 is 26.6 Å². The molecule has 1 aromatic heterocycles. The predicted octanol–water partition coefficient (Wildman–Crippen LogP) is 1.66. The van der Waals surface area contributed by atoms with Crippen LogP contribution in [-0.4, -0.2) is 18.6 Å². The van der Waals surface area contributed by atoms with Gasteiger partial charge in [-0.1, -0.05) is 6.07 Å². The highest BCUT2D eigenvalue weighted by molar-refractivity contribution is 7.89. The molecule has 5 nitrogen and oxygen atoms in total. The zero-order valence-electron chi connectivity index (χ0n) is 11.0. The van der Waals surface area contributed by atoms with E-state index in [-0.39, 0.29) is 6.54 Å². The van der Waals surface area contributed by atoms with Crippen LogP contribution in [0.25, 0.3) is 0 Å². The fourth-order valence-corrected chi connectivity index (χ4v) is 3.63. The van der Waals surface area contributed by atoms with Gasteiger partial charge in [-0.15, -0.1) is 0 Å². The second kappa shape index (κ2) is 5.19. The molecule has 0 fully saturated rings. The molecule has 0 saturated carbocycles. The largest absolute Gasteiger partial charge is 0.282 e. The van der Waals surface area contributed by atoms with Crippen molar-refractivity contribution >= 4 is 10.0 Å². The zero-order valence-corrected chi connectivity index (χ0v) is 11.8. The summed E-state index contributed by atoms with van der Waals surface area (Å²) in [7, 11) is -4.27. The Kier molecular flexibility index (Phi) is 3.50. The van der Waals surface area contributed by atoms with Crippen LogP contribution < -0.4 is 4.72 Å². The Labute approximate surface area is 120 Å². The summed E-state index contributed by atoms with van der Waals surface area (Å²) < 4.78 is 53.4. The van der Waals surface area contributed by atoms with Crippen molar-refractivity contribution in [3.8, 4) is 0 Å². The number of aromatic nitrogens is 2. The van der Waals surface area contributed by atoms with Crippen molar-refractivity contribution in [1.29, 1.82) is 0 Å². The van der Waals surface area contributed by atoms with E-state index in [1.807, 2.05) is 0 Å². The molecule has 0 atom stereocenters. The van der Waals surface area contributed by atoms with Crippen molar-refractivity contribution in [2.24, 2.45) is 0 Å². The van der Waals surface area contributed by atoms with E-state index in [0.717, 1.165) is 48.7 Å². The van der Waals surface area contributed by atoms with Gasteiger partial charge in [0, 0.05) is 5.69 Å². The summed E-state index contributed by atoms with van der Waals surface area (Å²) in [6.45, 7) is -0.0953. The summed E-state index contributed by atoms with van der Waals surface area (Å²) in [6.07, 6.45) is 2.71. The summed E-state index contributed by atoms with van der Waals surface area (Å²) >= 11 is 0. The molecular weight excluding hydrogens is 300 g/mol. The molecule has 1 aliphatic carbocycles. The first-order chi connectivity index (χ1) is 9.99. The van der Waals surface area contributed by atoms with Crippen LogP contribution in [0.5, 0.6) is 0 Å². The van der Waals surface area contributed by atoms with Crippen LogP contribution in [0.4, 0.5) is 8.78 Å². The Hall–Kier alpha value is -1.80. The van der Waals surface area contributed by atoms with Gasteiger partial charge in [0.05, 0.1) is 12.2 Å². The van der Waals surface area contributed by atoms with E-state index in [0.29, 0.717) is 5.69 Å². The Morgan fingerprint density at radius 3 is 2.67 bits per heavy atom. The Balaban J connectivity index is 1.84. The molecule has 21 heavy (non-hydrogen) atoms. The molecule has 2 aromatic rings. The minimum absolute atomic E-state index is 0.0953. The van der Waals surface area contributed by atoms with Crippen molar-refractivity contribution in [3.05, 3.63) is 46.8 Å². The number of hydrogen-bond donors (Lipinski definition) is 2. The van der Waals surface area contributed by atoms with E-state index in [2.05, 4.69) is 14.9 Å². The summed E-state index contributed by atoms with van der Waals surface area (Å²) in [5, 5.41) is 6.89. The van der Waals surface area contributed by atoms with Gasteiger partial charge in [0.1, 0.15) is 11.6 Å². The lowest BCUT2D eigenvalue weighted by molar-refractivity contribution is 0.513. The number of nitrogens with one attached hydrogen (secondary N) is 2. The molecule has 1 aromatic carbocycles. The van der Waals surface area contributed by atoms with Crippen molar-refractivity contribution in [1.82, 2.24) is 14.9 Å². The van der Waals surface area contributed by atoms with Gasteiger partial charge in [0.15, 0.2) is 4.90 Å². The topological polar surface area (TPSA) is 74.8 Å². The summed E-state index contributed by atoms with van der Waals surface area (Å²) in [6, 6.07) is 2.93. The van der Waals surface area contributed by atoms with Crippen LogP contribution in [0, 0.1) is 11.6 Å². The number of hydrogen-bond acceptors (Lipinski definition) is 3. The molecule has 0 radical (unpaired) electrons. The van der Waals surface area contributed by atoms with Gasteiger partial charge in [-0.3, -0.25) is 5.10 Å². The summed E-state index contributed by atoms with van der Waals surface area (Å²) in [5.41, 5.74) is 2.57. The molecule has 0 amide bonds. The number of sulfonamides is 1. The van der Waals surface area contributed by atoms with E-state index in [1.54, 1.807) is 0 Å². The lowest BCUT2D eigenvalue weighted by Gasteiger charge is -2.08. The van der Waals surface area contributed by atoms with Crippen molar-refractivity contribution in [2.75, 3.05) is 0 Å². The third kappa shape index (κ3) is 2.56. The smallest absolute Gasteiger partial charge is 0.246 e. The quantitative estimate of drug-likeness (QED) is 0.901. The number of fused-ring (bicyclic) bond motifs is 1. The van der Waals surface area contributed by atoms with Crippen molar-refractivity contribution < 1.29 is 17.2 Å². The molecule has 0 spiro atoms. The molecule has 112 valence electrons. The number of halogens is 2. The highest BCUT2D eigenvalue weighted by Crippen LogP contribution is 2.23. The first kappa shape index (κ1) is 14.2. The van der Waals surface area contributed by atoms with Gasteiger partial charge in [0.2, 0.25) is 10.0 Å². The highest BCUT2D eigenvalue weighted by Gasteiger charge is 2.25. The molecule has 0 saturated heterocycles. The van der Waals surface area contributed by atoms with Crippen molar-refractivity contribution in [3.63, 3.8) is 0 Å². The third-order valence-corrected chi connectivity index (χ3v) is 4.96. The second-order valence-corrected chi connectivity index (χ2v) is 6.56. The van der Waals surface area contributed by atoms with Crippen LogP contribution in [0.2, 0.25) is 0 Å². The Morgan fingerprint density at radius 2 is 1.95 bits per heavy atom. The average Bonchev–Trinajstić information content (AvgIpc) is 2.98. The van der Waals surface area contributed by atoms with Gasteiger partial charge in [-0.2, -0.15) is 5.10 Å². The van der Waals surface area contributed by atoms with Crippen molar-refractivity contribution in [2.45, 2.75) is 30.7 Å². The van der Waals surface area contributed by atoms with Crippen LogP contribution >= 0.6 is 0 Å². The summed E-state index contributed by atoms with van der Waals surface area (Å²) in [4.78, 5) is -0.961. The molecule has 3 rings (SSSR count). The molecule has 8 heteroatoms. The maximum atomic E-state index is 13.6. The number of H-pyrrole nitrogens is 1. The van der Waals surface area contributed by atoms with Gasteiger partial charge in [-0.05, 0) is 37.0 Å². The monoisotopic (exact) mass is 313 g/mol. The van der Waals surface area contributed by atoms with Crippen LogP contribution in [0.3, 0.4) is 0 Å². The zero-order chi connectivity index (χ0) is 15.0. The average molecular weight is 313 g/mol. The van der Waals surface area contributed by atoms with E-state index >= 15 is 0 Å². The predicted molar refractivity (Wildman–Crippen MR) is 71.0 cm³/mol. The van der Waals surface area contributed by atoms with Gasteiger partial charge in [-0.25, -0.2) is 21.9 Å². The number of benzene rings is 1. The first-order valence-electron chi connectivity index (χ1n) is 6.47. The normalized spacial score (nSPS) is 14.4. The minimum atomic E-state index is -4.27. The van der Waals surface area contributed by atoms with Crippen LogP contribution in [0.15, 0.2) is 23.1 Å². The molecule has 1 heterocycles. The lowest BCUT2D eigenvalue weighted by atomic mass is 10.2. The SMILES string of the molecule is O=S(=O)(NCc1n[nH]c2c1CCC2)c1c(F)cccc1F.